The summed E-state index contributed by atoms with van der Waals surface area (Å²) < 4.78 is 0. The van der Waals surface area contributed by atoms with E-state index in [1.54, 1.807) is 0 Å². The maximum absolute atomic E-state index is 9.61. The van der Waals surface area contributed by atoms with E-state index >= 15 is 0 Å². The van der Waals surface area contributed by atoms with Gasteiger partial charge in [0.2, 0.25) is 0 Å². The standard InChI is InChI=1S/C11H16O/c1-3-9(2)11(12)8-10-6-4-5-7-10/h1,4-5,9-12H,6-8H2,2H3/t9-,11-/m1/s1. The van der Waals surface area contributed by atoms with Gasteiger partial charge in [0.15, 0.2) is 0 Å². The van der Waals surface area contributed by atoms with Crippen LogP contribution in [0.2, 0.25) is 0 Å². The van der Waals surface area contributed by atoms with Gasteiger partial charge >= 0.3 is 0 Å². The van der Waals surface area contributed by atoms with E-state index in [-0.39, 0.29) is 12.0 Å². The lowest BCUT2D eigenvalue weighted by molar-refractivity contribution is 0.114. The van der Waals surface area contributed by atoms with Gasteiger partial charge in [0.05, 0.1) is 6.10 Å². The van der Waals surface area contributed by atoms with Crippen molar-refractivity contribution >= 4 is 0 Å². The van der Waals surface area contributed by atoms with Gasteiger partial charge in [-0.2, -0.15) is 0 Å². The highest BCUT2D eigenvalue weighted by Crippen LogP contribution is 2.24. The molecular formula is C11H16O. The molecule has 1 aliphatic rings. The second-order valence-electron chi connectivity index (χ2n) is 3.57. The van der Waals surface area contributed by atoms with Crippen molar-refractivity contribution < 1.29 is 5.11 Å². The minimum atomic E-state index is -0.320. The van der Waals surface area contributed by atoms with Crippen molar-refractivity contribution in [2.24, 2.45) is 11.8 Å². The Kier molecular flexibility index (Phi) is 3.37. The molecule has 0 amide bonds. The van der Waals surface area contributed by atoms with Crippen molar-refractivity contribution in [1.29, 1.82) is 0 Å². The fraction of sp³-hybridized carbons (Fsp3) is 0.636. The first-order valence-corrected chi connectivity index (χ1v) is 4.53. The molecule has 0 spiro atoms. The Morgan fingerprint density at radius 3 is 2.67 bits per heavy atom. The second kappa shape index (κ2) is 4.33. The Hall–Kier alpha value is -0.740. The molecule has 0 aliphatic heterocycles. The van der Waals surface area contributed by atoms with Crippen molar-refractivity contribution in [2.75, 3.05) is 0 Å². The summed E-state index contributed by atoms with van der Waals surface area (Å²) in [5, 5.41) is 9.61. The third-order valence-electron chi connectivity index (χ3n) is 2.52. The van der Waals surface area contributed by atoms with E-state index in [2.05, 4.69) is 18.1 Å². The maximum atomic E-state index is 9.61. The lowest BCUT2D eigenvalue weighted by Gasteiger charge is -2.17. The molecule has 1 nitrogen and oxygen atoms in total. The van der Waals surface area contributed by atoms with Crippen molar-refractivity contribution in [3.05, 3.63) is 12.2 Å². The van der Waals surface area contributed by atoms with Crippen LogP contribution in [0.15, 0.2) is 12.2 Å². The van der Waals surface area contributed by atoms with Crippen molar-refractivity contribution in [3.63, 3.8) is 0 Å². The van der Waals surface area contributed by atoms with E-state index in [1.807, 2.05) is 6.92 Å². The van der Waals surface area contributed by atoms with Gasteiger partial charge in [-0.15, -0.1) is 12.3 Å². The Balaban J connectivity index is 2.27. The molecule has 0 bridgehead atoms. The fourth-order valence-corrected chi connectivity index (χ4v) is 1.52. The van der Waals surface area contributed by atoms with E-state index < -0.39 is 0 Å². The number of hydrogen-bond acceptors (Lipinski definition) is 1. The van der Waals surface area contributed by atoms with E-state index in [1.165, 1.54) is 0 Å². The summed E-state index contributed by atoms with van der Waals surface area (Å²) in [4.78, 5) is 0. The first-order chi connectivity index (χ1) is 5.74. The quantitative estimate of drug-likeness (QED) is 0.499. The molecule has 0 heterocycles. The molecular weight excluding hydrogens is 148 g/mol. The highest BCUT2D eigenvalue weighted by molar-refractivity contribution is 4.98. The monoisotopic (exact) mass is 164 g/mol. The molecule has 1 aliphatic carbocycles. The van der Waals surface area contributed by atoms with Gasteiger partial charge < -0.3 is 5.11 Å². The van der Waals surface area contributed by atoms with Crippen LogP contribution in [-0.2, 0) is 0 Å². The first-order valence-electron chi connectivity index (χ1n) is 4.53. The van der Waals surface area contributed by atoms with E-state index in [4.69, 9.17) is 6.42 Å². The molecule has 66 valence electrons. The molecule has 0 aromatic rings. The highest BCUT2D eigenvalue weighted by Gasteiger charge is 2.18. The lowest BCUT2D eigenvalue weighted by atomic mass is 9.93. The fourth-order valence-electron chi connectivity index (χ4n) is 1.52. The van der Waals surface area contributed by atoms with Crippen molar-refractivity contribution in [2.45, 2.75) is 32.3 Å². The van der Waals surface area contributed by atoms with Crippen molar-refractivity contribution in [3.8, 4) is 12.3 Å². The summed E-state index contributed by atoms with van der Waals surface area (Å²) in [6.45, 7) is 1.90. The number of rotatable bonds is 3. The lowest BCUT2D eigenvalue weighted by Crippen LogP contribution is -2.19. The number of allylic oxidation sites excluding steroid dienone is 2. The van der Waals surface area contributed by atoms with E-state index in [0.29, 0.717) is 5.92 Å². The molecule has 2 atom stereocenters. The highest BCUT2D eigenvalue weighted by atomic mass is 16.3. The molecule has 0 saturated heterocycles. The summed E-state index contributed by atoms with van der Waals surface area (Å²) in [5.74, 6) is 3.18. The molecule has 1 N–H and O–H groups in total. The van der Waals surface area contributed by atoms with Crippen LogP contribution in [-0.4, -0.2) is 11.2 Å². The van der Waals surface area contributed by atoms with Crippen LogP contribution in [0, 0.1) is 24.2 Å². The zero-order valence-corrected chi connectivity index (χ0v) is 7.53. The minimum absolute atomic E-state index is 0.00870. The molecule has 0 unspecified atom stereocenters. The van der Waals surface area contributed by atoms with Crippen LogP contribution in [0.4, 0.5) is 0 Å². The van der Waals surface area contributed by atoms with Crippen LogP contribution >= 0.6 is 0 Å². The predicted octanol–water partition coefficient (Wildman–Crippen LogP) is 1.97. The average Bonchev–Trinajstić information content (AvgIpc) is 2.55. The van der Waals surface area contributed by atoms with Gasteiger partial charge in [0, 0.05) is 5.92 Å². The number of terminal acetylenes is 1. The number of hydrogen-bond donors (Lipinski definition) is 1. The van der Waals surface area contributed by atoms with Gasteiger partial charge in [-0.1, -0.05) is 12.2 Å². The van der Waals surface area contributed by atoms with Crippen molar-refractivity contribution in [1.82, 2.24) is 0 Å². The van der Waals surface area contributed by atoms with E-state index in [0.717, 1.165) is 19.3 Å². The average molecular weight is 164 g/mol. The summed E-state index contributed by atoms with van der Waals surface area (Å²) in [6, 6.07) is 0. The van der Waals surface area contributed by atoms with Crippen LogP contribution in [0.1, 0.15) is 26.2 Å². The Bertz CT molecular complexity index is 192. The van der Waals surface area contributed by atoms with Gasteiger partial charge in [0.1, 0.15) is 0 Å². The largest absolute Gasteiger partial charge is 0.392 e. The smallest absolute Gasteiger partial charge is 0.0677 e. The third-order valence-corrected chi connectivity index (χ3v) is 2.52. The van der Waals surface area contributed by atoms with Crippen LogP contribution in [0.25, 0.3) is 0 Å². The molecule has 0 aromatic carbocycles. The normalized spacial score (nSPS) is 22.1. The predicted molar refractivity (Wildman–Crippen MR) is 50.5 cm³/mol. The summed E-state index contributed by atoms with van der Waals surface area (Å²) in [5.41, 5.74) is 0. The number of aliphatic hydroxyl groups excluding tert-OH is 1. The Labute approximate surface area is 74.5 Å². The topological polar surface area (TPSA) is 20.2 Å². The minimum Gasteiger partial charge on any atom is -0.392 e. The van der Waals surface area contributed by atoms with Gasteiger partial charge in [-0.05, 0) is 32.1 Å². The first kappa shape index (κ1) is 9.35. The molecule has 0 fully saturated rings. The summed E-state index contributed by atoms with van der Waals surface area (Å²) >= 11 is 0. The SMILES string of the molecule is C#C[C@@H](C)[C@H](O)CC1CC=CC1. The molecule has 1 rings (SSSR count). The van der Waals surface area contributed by atoms with Crippen LogP contribution < -0.4 is 0 Å². The van der Waals surface area contributed by atoms with E-state index in [9.17, 15) is 5.11 Å². The van der Waals surface area contributed by atoms with Gasteiger partial charge in [0.25, 0.3) is 0 Å². The molecule has 0 radical (unpaired) electrons. The maximum Gasteiger partial charge on any atom is 0.0677 e. The second-order valence-corrected chi connectivity index (χ2v) is 3.57. The molecule has 0 aromatic heterocycles. The zero-order chi connectivity index (χ0) is 8.97. The summed E-state index contributed by atoms with van der Waals surface area (Å²) in [6.07, 6.45) is 12.3. The molecule has 1 heteroatoms. The van der Waals surface area contributed by atoms with Gasteiger partial charge in [-0.25, -0.2) is 0 Å². The molecule has 0 saturated carbocycles. The zero-order valence-electron chi connectivity index (χ0n) is 7.53. The number of aliphatic hydroxyl groups is 1. The summed E-state index contributed by atoms with van der Waals surface area (Å²) in [7, 11) is 0. The Morgan fingerprint density at radius 1 is 1.58 bits per heavy atom. The Morgan fingerprint density at radius 2 is 2.17 bits per heavy atom. The van der Waals surface area contributed by atoms with Crippen LogP contribution in [0.3, 0.4) is 0 Å². The third kappa shape index (κ3) is 2.39. The molecule has 12 heavy (non-hydrogen) atoms. The van der Waals surface area contributed by atoms with Crippen LogP contribution in [0.5, 0.6) is 0 Å². The van der Waals surface area contributed by atoms with Gasteiger partial charge in [-0.3, -0.25) is 0 Å².